The fourth-order valence-corrected chi connectivity index (χ4v) is 1.44. The van der Waals surface area contributed by atoms with Crippen LogP contribution in [0.25, 0.3) is 0 Å². The van der Waals surface area contributed by atoms with Crippen molar-refractivity contribution >= 4 is 6.29 Å². The first-order valence-corrected chi connectivity index (χ1v) is 4.63. The van der Waals surface area contributed by atoms with E-state index in [1.807, 2.05) is 13.8 Å². The largest absolute Gasteiger partial charge is 0.350 e. The number of carbonyl (C=O) groups is 1. The molecule has 0 N–H and O–H groups in total. The fourth-order valence-electron chi connectivity index (χ4n) is 1.44. The summed E-state index contributed by atoms with van der Waals surface area (Å²) >= 11 is 0. The van der Waals surface area contributed by atoms with Gasteiger partial charge in [-0.05, 0) is 13.8 Å². The number of rotatable bonds is 2. The lowest BCUT2D eigenvalue weighted by atomic mass is 9.84. The molecular weight excluding hydrogens is 168 g/mol. The van der Waals surface area contributed by atoms with Crippen LogP contribution in [0.3, 0.4) is 0 Å². The second-order valence-electron chi connectivity index (χ2n) is 4.69. The molecule has 1 fully saturated rings. The third-order valence-corrected chi connectivity index (χ3v) is 2.40. The van der Waals surface area contributed by atoms with E-state index in [4.69, 9.17) is 9.47 Å². The van der Waals surface area contributed by atoms with Gasteiger partial charge >= 0.3 is 0 Å². The van der Waals surface area contributed by atoms with E-state index in [1.54, 1.807) is 0 Å². The molecule has 0 bridgehead atoms. The van der Waals surface area contributed by atoms with Crippen LogP contribution in [0.4, 0.5) is 0 Å². The lowest BCUT2D eigenvalue weighted by Gasteiger charge is -2.45. The van der Waals surface area contributed by atoms with Gasteiger partial charge in [-0.2, -0.15) is 0 Å². The van der Waals surface area contributed by atoms with E-state index in [0.29, 0.717) is 13.0 Å². The molecule has 1 aliphatic rings. The molecule has 1 atom stereocenters. The van der Waals surface area contributed by atoms with Gasteiger partial charge in [0.2, 0.25) is 0 Å². The summed E-state index contributed by atoms with van der Waals surface area (Å²) in [5.74, 6) is -0.552. The van der Waals surface area contributed by atoms with Crippen molar-refractivity contribution in [1.82, 2.24) is 0 Å². The van der Waals surface area contributed by atoms with E-state index in [-0.39, 0.29) is 11.5 Å². The van der Waals surface area contributed by atoms with Crippen LogP contribution in [0.15, 0.2) is 0 Å². The van der Waals surface area contributed by atoms with Gasteiger partial charge in [0.05, 0.1) is 12.7 Å². The highest BCUT2D eigenvalue weighted by atomic mass is 16.7. The molecule has 13 heavy (non-hydrogen) atoms. The van der Waals surface area contributed by atoms with E-state index < -0.39 is 5.79 Å². The zero-order chi connectivity index (χ0) is 10.1. The van der Waals surface area contributed by atoms with Gasteiger partial charge in [0, 0.05) is 11.8 Å². The molecule has 3 nitrogen and oxygen atoms in total. The van der Waals surface area contributed by atoms with Gasteiger partial charge in [0.1, 0.15) is 6.29 Å². The zero-order valence-corrected chi connectivity index (χ0v) is 8.79. The molecule has 3 heteroatoms. The summed E-state index contributed by atoms with van der Waals surface area (Å²) in [7, 11) is 0. The predicted octanol–water partition coefficient (Wildman–Crippen LogP) is 1.75. The molecule has 0 saturated carbocycles. The Hall–Kier alpha value is -0.410. The summed E-state index contributed by atoms with van der Waals surface area (Å²) in [4.78, 5) is 10.5. The van der Waals surface area contributed by atoms with Crippen molar-refractivity contribution in [3.05, 3.63) is 0 Å². The Morgan fingerprint density at radius 2 is 2.00 bits per heavy atom. The third-order valence-electron chi connectivity index (χ3n) is 2.40. The predicted molar refractivity (Wildman–Crippen MR) is 49.4 cm³/mol. The molecule has 0 amide bonds. The molecule has 0 aromatic carbocycles. The minimum absolute atomic E-state index is 0.0336. The molecule has 1 aliphatic heterocycles. The lowest BCUT2D eigenvalue weighted by molar-refractivity contribution is -0.310. The molecule has 0 radical (unpaired) electrons. The van der Waals surface area contributed by atoms with E-state index >= 15 is 0 Å². The van der Waals surface area contributed by atoms with E-state index in [9.17, 15) is 4.79 Å². The van der Waals surface area contributed by atoms with Crippen molar-refractivity contribution in [2.75, 3.05) is 6.61 Å². The molecular formula is C10H18O3. The van der Waals surface area contributed by atoms with Gasteiger partial charge in [-0.1, -0.05) is 13.8 Å². The first-order chi connectivity index (χ1) is 5.87. The maximum absolute atomic E-state index is 10.5. The average Bonchev–Trinajstić information content (AvgIpc) is 1.99. The van der Waals surface area contributed by atoms with Crippen molar-refractivity contribution in [2.45, 2.75) is 46.0 Å². The minimum atomic E-state index is -0.552. The van der Waals surface area contributed by atoms with Crippen LogP contribution in [0.2, 0.25) is 0 Å². The van der Waals surface area contributed by atoms with Gasteiger partial charge in [-0.15, -0.1) is 0 Å². The van der Waals surface area contributed by atoms with E-state index in [1.165, 1.54) is 0 Å². The molecule has 0 aromatic rings. The average molecular weight is 186 g/mol. The van der Waals surface area contributed by atoms with Crippen LogP contribution >= 0.6 is 0 Å². The smallest absolute Gasteiger partial charge is 0.163 e. The van der Waals surface area contributed by atoms with Gasteiger partial charge < -0.3 is 14.3 Å². The SMILES string of the molecule is CC1(C)OCC(C)(C)[C@H](CC=O)O1. The normalized spacial score (nSPS) is 31.2. The summed E-state index contributed by atoms with van der Waals surface area (Å²) in [6, 6.07) is 0. The number of ether oxygens (including phenoxy) is 2. The summed E-state index contributed by atoms with van der Waals surface area (Å²) in [5, 5.41) is 0. The molecule has 0 spiro atoms. The van der Waals surface area contributed by atoms with Crippen LogP contribution < -0.4 is 0 Å². The minimum Gasteiger partial charge on any atom is -0.350 e. The van der Waals surface area contributed by atoms with Crippen molar-refractivity contribution in [1.29, 1.82) is 0 Å². The van der Waals surface area contributed by atoms with E-state index in [0.717, 1.165) is 6.29 Å². The summed E-state index contributed by atoms with van der Waals surface area (Å²) in [6.45, 7) is 8.49. The van der Waals surface area contributed by atoms with Crippen molar-refractivity contribution in [3.8, 4) is 0 Å². The third kappa shape index (κ3) is 2.51. The first-order valence-electron chi connectivity index (χ1n) is 4.63. The second kappa shape index (κ2) is 3.39. The maximum atomic E-state index is 10.5. The highest BCUT2D eigenvalue weighted by Gasteiger charge is 2.41. The lowest BCUT2D eigenvalue weighted by Crippen LogP contribution is -2.50. The van der Waals surface area contributed by atoms with Crippen molar-refractivity contribution < 1.29 is 14.3 Å². The number of hydrogen-bond acceptors (Lipinski definition) is 3. The Labute approximate surface area is 79.4 Å². The van der Waals surface area contributed by atoms with Gasteiger partial charge in [0.15, 0.2) is 5.79 Å². The quantitative estimate of drug-likeness (QED) is 0.616. The number of hydrogen-bond donors (Lipinski definition) is 0. The van der Waals surface area contributed by atoms with Crippen LogP contribution in [-0.2, 0) is 14.3 Å². The molecule has 0 unspecified atom stereocenters. The molecule has 76 valence electrons. The molecule has 1 saturated heterocycles. The fraction of sp³-hybridized carbons (Fsp3) is 0.900. The highest BCUT2D eigenvalue weighted by Crippen LogP contribution is 2.35. The zero-order valence-electron chi connectivity index (χ0n) is 8.79. The Kier molecular flexibility index (Phi) is 2.78. The Morgan fingerprint density at radius 3 is 2.54 bits per heavy atom. The molecule has 0 aliphatic carbocycles. The summed E-state index contributed by atoms with van der Waals surface area (Å²) in [5.41, 5.74) is -0.0730. The van der Waals surface area contributed by atoms with Crippen molar-refractivity contribution in [2.24, 2.45) is 5.41 Å². The van der Waals surface area contributed by atoms with E-state index in [2.05, 4.69) is 13.8 Å². The summed E-state index contributed by atoms with van der Waals surface area (Å²) < 4.78 is 11.2. The Morgan fingerprint density at radius 1 is 1.38 bits per heavy atom. The first kappa shape index (κ1) is 10.7. The monoisotopic (exact) mass is 186 g/mol. The molecule has 1 heterocycles. The van der Waals surface area contributed by atoms with Gasteiger partial charge in [-0.25, -0.2) is 0 Å². The van der Waals surface area contributed by atoms with Gasteiger partial charge in [0.25, 0.3) is 0 Å². The molecule has 1 rings (SSSR count). The second-order valence-corrected chi connectivity index (χ2v) is 4.69. The van der Waals surface area contributed by atoms with Gasteiger partial charge in [-0.3, -0.25) is 0 Å². The van der Waals surface area contributed by atoms with Crippen LogP contribution in [0.1, 0.15) is 34.1 Å². The molecule has 0 aromatic heterocycles. The van der Waals surface area contributed by atoms with Crippen molar-refractivity contribution in [3.63, 3.8) is 0 Å². The Balaban J connectivity index is 2.69. The maximum Gasteiger partial charge on any atom is 0.163 e. The number of carbonyl (C=O) groups excluding carboxylic acids is 1. The number of aldehydes is 1. The van der Waals surface area contributed by atoms with Crippen LogP contribution in [0.5, 0.6) is 0 Å². The standard InChI is InChI=1S/C10H18O3/c1-9(2)7-12-10(3,4)13-8(9)5-6-11/h6,8H,5,7H2,1-4H3/t8-/m0/s1. The highest BCUT2D eigenvalue weighted by molar-refractivity contribution is 5.50. The summed E-state index contributed by atoms with van der Waals surface area (Å²) in [6.07, 6.45) is 1.32. The topological polar surface area (TPSA) is 35.5 Å². The Bertz CT molecular complexity index is 196. The van der Waals surface area contributed by atoms with Crippen LogP contribution in [0, 0.1) is 5.41 Å². The van der Waals surface area contributed by atoms with Crippen LogP contribution in [-0.4, -0.2) is 24.8 Å².